The molecule has 2 N–H and O–H groups in total. The summed E-state index contributed by atoms with van der Waals surface area (Å²) in [6.45, 7) is 6.41. The van der Waals surface area contributed by atoms with Crippen molar-refractivity contribution in [3.63, 3.8) is 0 Å². The summed E-state index contributed by atoms with van der Waals surface area (Å²) >= 11 is 1.35. The molecule has 2 aromatic heterocycles. The molecule has 2 aromatic rings. The first kappa shape index (κ1) is 15.5. The minimum absolute atomic E-state index is 0.0617. The first-order valence-electron chi connectivity index (χ1n) is 7.01. The first-order chi connectivity index (χ1) is 10.1. The fourth-order valence-corrected chi connectivity index (χ4v) is 2.56. The third kappa shape index (κ3) is 4.29. The van der Waals surface area contributed by atoms with Crippen molar-refractivity contribution in [1.82, 2.24) is 14.7 Å². The summed E-state index contributed by atoms with van der Waals surface area (Å²) in [7, 11) is 0. The molecule has 0 aromatic carbocycles. The number of rotatable bonds is 7. The molecule has 0 spiro atoms. The second-order valence-electron chi connectivity index (χ2n) is 4.95. The maximum Gasteiger partial charge on any atom is 0.287 e. The lowest BCUT2D eigenvalue weighted by Crippen LogP contribution is -2.34. The number of hydrogen-bond donors (Lipinski definition) is 2. The maximum absolute atomic E-state index is 11.9. The van der Waals surface area contributed by atoms with Crippen molar-refractivity contribution in [2.45, 2.75) is 39.7 Å². The van der Waals surface area contributed by atoms with Gasteiger partial charge >= 0.3 is 0 Å². The largest absolute Gasteiger partial charge is 0.459 e. The van der Waals surface area contributed by atoms with E-state index in [2.05, 4.69) is 26.9 Å². The van der Waals surface area contributed by atoms with Gasteiger partial charge in [0.25, 0.3) is 5.91 Å². The van der Waals surface area contributed by atoms with Crippen LogP contribution >= 0.6 is 11.5 Å². The molecular formula is C14H20N4O2S. The van der Waals surface area contributed by atoms with Crippen LogP contribution in [0.2, 0.25) is 0 Å². The number of nitrogens with one attached hydrogen (secondary N) is 2. The van der Waals surface area contributed by atoms with Gasteiger partial charge in [0.2, 0.25) is 5.13 Å². The van der Waals surface area contributed by atoms with E-state index in [1.54, 1.807) is 6.07 Å². The molecule has 114 valence electrons. The van der Waals surface area contributed by atoms with E-state index < -0.39 is 0 Å². The van der Waals surface area contributed by atoms with Gasteiger partial charge in [-0.05, 0) is 26.3 Å². The molecule has 2 heterocycles. The number of furan rings is 1. The molecule has 0 saturated heterocycles. The van der Waals surface area contributed by atoms with Gasteiger partial charge in [0.05, 0.1) is 6.26 Å². The average Bonchev–Trinajstić information content (AvgIpc) is 3.06. The molecular weight excluding hydrogens is 288 g/mol. The van der Waals surface area contributed by atoms with E-state index in [1.807, 2.05) is 13.8 Å². The Balaban J connectivity index is 1.80. The number of carbonyl (C=O) groups is 1. The zero-order valence-electron chi connectivity index (χ0n) is 12.5. The standard InChI is InChI=1S/C14H20N4O2S/c1-4-5-11-17-14(21-18-11)16-10(3)8-15-13(19)12-9(2)6-7-20-12/h6-7,10H,4-5,8H2,1-3H3,(H,15,19)(H,16,17,18)/t10-/m1/s1. The van der Waals surface area contributed by atoms with Crippen LogP contribution in [0.3, 0.4) is 0 Å². The predicted octanol–water partition coefficient (Wildman–Crippen LogP) is 2.62. The molecule has 0 saturated carbocycles. The van der Waals surface area contributed by atoms with Crippen LogP contribution in [0.25, 0.3) is 0 Å². The Morgan fingerprint density at radius 2 is 2.33 bits per heavy atom. The zero-order chi connectivity index (χ0) is 15.2. The van der Waals surface area contributed by atoms with Gasteiger partial charge in [-0.15, -0.1) is 0 Å². The lowest BCUT2D eigenvalue weighted by molar-refractivity contribution is 0.0924. The topological polar surface area (TPSA) is 80.0 Å². The van der Waals surface area contributed by atoms with Crippen LogP contribution in [0.5, 0.6) is 0 Å². The van der Waals surface area contributed by atoms with Crippen LogP contribution in [-0.4, -0.2) is 27.9 Å². The fraction of sp³-hybridized carbons (Fsp3) is 0.500. The molecule has 7 heteroatoms. The highest BCUT2D eigenvalue weighted by molar-refractivity contribution is 7.09. The van der Waals surface area contributed by atoms with Crippen LogP contribution in [-0.2, 0) is 6.42 Å². The predicted molar refractivity (Wildman–Crippen MR) is 82.8 cm³/mol. The average molecular weight is 308 g/mol. The smallest absolute Gasteiger partial charge is 0.287 e. The quantitative estimate of drug-likeness (QED) is 0.822. The second-order valence-corrected chi connectivity index (χ2v) is 5.71. The van der Waals surface area contributed by atoms with Gasteiger partial charge < -0.3 is 15.1 Å². The van der Waals surface area contributed by atoms with E-state index in [1.165, 1.54) is 17.8 Å². The summed E-state index contributed by atoms with van der Waals surface area (Å²) in [6.07, 6.45) is 3.44. The summed E-state index contributed by atoms with van der Waals surface area (Å²) in [6, 6.07) is 1.83. The Bertz CT molecular complexity index is 593. The number of nitrogens with zero attached hydrogens (tertiary/aromatic N) is 2. The van der Waals surface area contributed by atoms with Gasteiger partial charge in [-0.3, -0.25) is 4.79 Å². The number of hydrogen-bond acceptors (Lipinski definition) is 6. The third-order valence-corrected chi connectivity index (χ3v) is 3.63. The van der Waals surface area contributed by atoms with Crippen molar-refractivity contribution < 1.29 is 9.21 Å². The Labute approximate surface area is 128 Å². The highest BCUT2D eigenvalue weighted by Crippen LogP contribution is 2.13. The molecule has 1 amide bonds. The molecule has 21 heavy (non-hydrogen) atoms. The lowest BCUT2D eigenvalue weighted by Gasteiger charge is -2.13. The van der Waals surface area contributed by atoms with Crippen molar-refractivity contribution in [3.05, 3.63) is 29.5 Å². The van der Waals surface area contributed by atoms with E-state index >= 15 is 0 Å². The van der Waals surface area contributed by atoms with Crippen LogP contribution in [0, 0.1) is 6.92 Å². The van der Waals surface area contributed by atoms with Crippen molar-refractivity contribution in [3.8, 4) is 0 Å². The Morgan fingerprint density at radius 1 is 1.52 bits per heavy atom. The SMILES string of the molecule is CCCc1nsc(N[C@H](C)CNC(=O)c2occc2C)n1. The summed E-state index contributed by atoms with van der Waals surface area (Å²) in [4.78, 5) is 16.3. The van der Waals surface area contributed by atoms with Gasteiger partial charge in [0.15, 0.2) is 5.76 Å². The number of aromatic nitrogens is 2. The van der Waals surface area contributed by atoms with Crippen molar-refractivity contribution in [2.75, 3.05) is 11.9 Å². The monoisotopic (exact) mass is 308 g/mol. The van der Waals surface area contributed by atoms with Crippen molar-refractivity contribution in [1.29, 1.82) is 0 Å². The lowest BCUT2D eigenvalue weighted by atomic mass is 10.2. The fourth-order valence-electron chi connectivity index (χ4n) is 1.83. The molecule has 0 aliphatic rings. The molecule has 0 aliphatic carbocycles. The van der Waals surface area contributed by atoms with Crippen LogP contribution < -0.4 is 10.6 Å². The summed E-state index contributed by atoms with van der Waals surface area (Å²) in [5, 5.41) is 6.86. The summed E-state index contributed by atoms with van der Waals surface area (Å²) in [5.74, 6) is 1.03. The van der Waals surface area contributed by atoms with Crippen LogP contribution in [0.1, 0.15) is 42.2 Å². The second kappa shape index (κ2) is 7.21. The Kier molecular flexibility index (Phi) is 5.32. The van der Waals surface area contributed by atoms with Gasteiger partial charge in [-0.2, -0.15) is 4.37 Å². The van der Waals surface area contributed by atoms with E-state index in [9.17, 15) is 4.79 Å². The zero-order valence-corrected chi connectivity index (χ0v) is 13.3. The molecule has 1 atom stereocenters. The van der Waals surface area contributed by atoms with Gasteiger partial charge in [-0.25, -0.2) is 4.98 Å². The molecule has 0 radical (unpaired) electrons. The van der Waals surface area contributed by atoms with Crippen LogP contribution in [0.4, 0.5) is 5.13 Å². The van der Waals surface area contributed by atoms with Gasteiger partial charge in [0, 0.05) is 36.1 Å². The molecule has 0 bridgehead atoms. The number of aryl methyl sites for hydroxylation is 2. The van der Waals surface area contributed by atoms with Gasteiger partial charge in [0.1, 0.15) is 5.82 Å². The summed E-state index contributed by atoms with van der Waals surface area (Å²) < 4.78 is 9.43. The van der Waals surface area contributed by atoms with Crippen LogP contribution in [0.15, 0.2) is 16.7 Å². The third-order valence-electron chi connectivity index (χ3n) is 2.95. The highest BCUT2D eigenvalue weighted by atomic mass is 32.1. The Hall–Kier alpha value is -1.89. The highest BCUT2D eigenvalue weighted by Gasteiger charge is 2.14. The van der Waals surface area contributed by atoms with Crippen molar-refractivity contribution in [2.24, 2.45) is 0 Å². The molecule has 6 nitrogen and oxygen atoms in total. The minimum atomic E-state index is -0.199. The van der Waals surface area contributed by atoms with Gasteiger partial charge in [-0.1, -0.05) is 6.92 Å². The molecule has 0 fully saturated rings. The van der Waals surface area contributed by atoms with E-state index in [0.717, 1.165) is 29.4 Å². The van der Waals surface area contributed by atoms with E-state index in [-0.39, 0.29) is 11.9 Å². The molecule has 2 rings (SSSR count). The molecule has 0 unspecified atom stereocenters. The van der Waals surface area contributed by atoms with E-state index in [4.69, 9.17) is 4.42 Å². The number of amides is 1. The Morgan fingerprint density at radius 3 is 3.00 bits per heavy atom. The number of anilines is 1. The molecule has 0 aliphatic heterocycles. The van der Waals surface area contributed by atoms with E-state index in [0.29, 0.717) is 12.3 Å². The van der Waals surface area contributed by atoms with Crippen molar-refractivity contribution >= 4 is 22.6 Å². The first-order valence-corrected chi connectivity index (χ1v) is 7.79. The maximum atomic E-state index is 11.9. The minimum Gasteiger partial charge on any atom is -0.459 e. The number of carbonyl (C=O) groups excluding carboxylic acids is 1. The summed E-state index contributed by atoms with van der Waals surface area (Å²) in [5.41, 5.74) is 0.835. The normalized spacial score (nSPS) is 12.1.